The lowest BCUT2D eigenvalue weighted by atomic mass is 10.5. The summed E-state index contributed by atoms with van der Waals surface area (Å²) in [4.78, 5) is 3.74. The van der Waals surface area contributed by atoms with Crippen LogP contribution in [0.1, 0.15) is 5.69 Å². The van der Waals surface area contributed by atoms with Gasteiger partial charge in [-0.05, 0) is 0 Å². The molecule has 0 aliphatic heterocycles. The SMILES string of the molecule is Cl.Cn1cnc(C#N)c1. The number of aromatic nitrogens is 2. The number of rotatable bonds is 0. The fourth-order valence-corrected chi connectivity index (χ4v) is 0.471. The second-order valence-electron chi connectivity index (χ2n) is 1.54. The van der Waals surface area contributed by atoms with Gasteiger partial charge in [0, 0.05) is 13.2 Å². The zero-order valence-electron chi connectivity index (χ0n) is 4.90. The second kappa shape index (κ2) is 3.10. The van der Waals surface area contributed by atoms with Gasteiger partial charge in [-0.25, -0.2) is 4.98 Å². The van der Waals surface area contributed by atoms with E-state index < -0.39 is 0 Å². The van der Waals surface area contributed by atoms with Gasteiger partial charge in [0.25, 0.3) is 0 Å². The van der Waals surface area contributed by atoms with E-state index in [9.17, 15) is 0 Å². The van der Waals surface area contributed by atoms with Crippen molar-refractivity contribution in [1.29, 1.82) is 5.26 Å². The molecule has 1 heterocycles. The normalized spacial score (nSPS) is 7.56. The summed E-state index contributed by atoms with van der Waals surface area (Å²) in [7, 11) is 1.83. The molecule has 0 amide bonds. The van der Waals surface area contributed by atoms with Crippen LogP contribution in [0.5, 0.6) is 0 Å². The van der Waals surface area contributed by atoms with Crippen molar-refractivity contribution in [1.82, 2.24) is 9.55 Å². The summed E-state index contributed by atoms with van der Waals surface area (Å²) < 4.78 is 1.73. The molecule has 0 aromatic carbocycles. The molecule has 48 valence electrons. The first-order valence-corrected chi connectivity index (χ1v) is 2.21. The highest BCUT2D eigenvalue weighted by Gasteiger charge is 1.88. The molecule has 0 aliphatic carbocycles. The van der Waals surface area contributed by atoms with Gasteiger partial charge in [-0.15, -0.1) is 12.4 Å². The number of halogens is 1. The van der Waals surface area contributed by atoms with Crippen LogP contribution in [0.3, 0.4) is 0 Å². The largest absolute Gasteiger partial charge is 0.339 e. The highest BCUT2D eigenvalue weighted by Crippen LogP contribution is 1.87. The van der Waals surface area contributed by atoms with Gasteiger partial charge < -0.3 is 4.57 Å². The van der Waals surface area contributed by atoms with E-state index in [1.165, 1.54) is 0 Å². The Morgan fingerprint density at radius 1 is 1.78 bits per heavy atom. The molecule has 0 saturated heterocycles. The van der Waals surface area contributed by atoms with Gasteiger partial charge >= 0.3 is 0 Å². The lowest BCUT2D eigenvalue weighted by molar-refractivity contribution is 0.913. The van der Waals surface area contributed by atoms with Crippen LogP contribution in [0.4, 0.5) is 0 Å². The second-order valence-corrected chi connectivity index (χ2v) is 1.54. The van der Waals surface area contributed by atoms with E-state index in [1.54, 1.807) is 17.1 Å². The third-order valence-corrected chi connectivity index (χ3v) is 0.819. The van der Waals surface area contributed by atoms with Crippen LogP contribution in [0.15, 0.2) is 12.5 Å². The molecule has 0 saturated carbocycles. The first kappa shape index (κ1) is 7.99. The van der Waals surface area contributed by atoms with E-state index in [2.05, 4.69) is 4.98 Å². The lowest BCUT2D eigenvalue weighted by Gasteiger charge is -1.77. The Labute approximate surface area is 59.3 Å². The maximum absolute atomic E-state index is 8.23. The Hall–Kier alpha value is -1.01. The molecule has 0 atom stereocenters. The Morgan fingerprint density at radius 3 is 2.67 bits per heavy atom. The summed E-state index contributed by atoms with van der Waals surface area (Å²) in [5.41, 5.74) is 0.465. The van der Waals surface area contributed by atoms with E-state index in [0.717, 1.165) is 0 Å². The van der Waals surface area contributed by atoms with Crippen molar-refractivity contribution < 1.29 is 0 Å². The number of nitrogens with zero attached hydrogens (tertiary/aromatic N) is 3. The van der Waals surface area contributed by atoms with Crippen molar-refractivity contribution in [2.45, 2.75) is 0 Å². The topological polar surface area (TPSA) is 41.6 Å². The summed E-state index contributed by atoms with van der Waals surface area (Å²) in [5, 5.41) is 8.23. The first-order valence-electron chi connectivity index (χ1n) is 2.21. The van der Waals surface area contributed by atoms with Crippen molar-refractivity contribution in [3.63, 3.8) is 0 Å². The lowest BCUT2D eigenvalue weighted by Crippen LogP contribution is -1.77. The van der Waals surface area contributed by atoms with Crippen LogP contribution in [-0.2, 0) is 7.05 Å². The van der Waals surface area contributed by atoms with Gasteiger partial charge in [0.05, 0.1) is 6.33 Å². The molecule has 1 aromatic heterocycles. The van der Waals surface area contributed by atoms with Crippen LogP contribution in [0.2, 0.25) is 0 Å². The monoisotopic (exact) mass is 143 g/mol. The third-order valence-electron chi connectivity index (χ3n) is 0.819. The Kier molecular flexibility index (Phi) is 2.75. The minimum atomic E-state index is 0. The van der Waals surface area contributed by atoms with Crippen LogP contribution in [0.25, 0.3) is 0 Å². The number of hydrogen-bond donors (Lipinski definition) is 0. The molecule has 1 rings (SSSR count). The van der Waals surface area contributed by atoms with Gasteiger partial charge in [-0.3, -0.25) is 0 Å². The quantitative estimate of drug-likeness (QED) is 0.537. The van der Waals surface area contributed by atoms with Gasteiger partial charge in [0.1, 0.15) is 6.07 Å². The molecular weight excluding hydrogens is 138 g/mol. The minimum Gasteiger partial charge on any atom is -0.339 e. The van der Waals surface area contributed by atoms with E-state index >= 15 is 0 Å². The number of nitriles is 1. The van der Waals surface area contributed by atoms with Crippen LogP contribution < -0.4 is 0 Å². The Morgan fingerprint density at radius 2 is 2.44 bits per heavy atom. The molecule has 4 heteroatoms. The zero-order chi connectivity index (χ0) is 5.98. The molecule has 1 aromatic rings. The molecule has 0 unspecified atom stereocenters. The zero-order valence-corrected chi connectivity index (χ0v) is 5.72. The van der Waals surface area contributed by atoms with Crippen LogP contribution in [-0.4, -0.2) is 9.55 Å². The van der Waals surface area contributed by atoms with Gasteiger partial charge in [0.2, 0.25) is 0 Å². The minimum absolute atomic E-state index is 0. The van der Waals surface area contributed by atoms with Gasteiger partial charge in [0.15, 0.2) is 5.69 Å². The highest BCUT2D eigenvalue weighted by molar-refractivity contribution is 5.85. The van der Waals surface area contributed by atoms with E-state index in [1.807, 2.05) is 13.1 Å². The van der Waals surface area contributed by atoms with Gasteiger partial charge in [-0.1, -0.05) is 0 Å². The Bertz CT molecular complexity index is 222. The van der Waals surface area contributed by atoms with Gasteiger partial charge in [-0.2, -0.15) is 5.26 Å². The summed E-state index contributed by atoms with van der Waals surface area (Å²) in [6.07, 6.45) is 3.26. The van der Waals surface area contributed by atoms with Crippen LogP contribution >= 0.6 is 12.4 Å². The smallest absolute Gasteiger partial charge is 0.158 e. The van der Waals surface area contributed by atoms with E-state index in [0.29, 0.717) is 5.69 Å². The summed E-state index contributed by atoms with van der Waals surface area (Å²) in [6.45, 7) is 0. The van der Waals surface area contributed by atoms with E-state index in [-0.39, 0.29) is 12.4 Å². The average molecular weight is 144 g/mol. The van der Waals surface area contributed by atoms with Crippen molar-refractivity contribution in [3.8, 4) is 6.07 Å². The van der Waals surface area contributed by atoms with Crippen molar-refractivity contribution >= 4 is 12.4 Å². The molecule has 9 heavy (non-hydrogen) atoms. The molecule has 0 aliphatic rings. The predicted octanol–water partition coefficient (Wildman–Crippen LogP) is 0.714. The number of imidazole rings is 1. The number of aryl methyl sites for hydroxylation is 1. The van der Waals surface area contributed by atoms with Crippen molar-refractivity contribution in [2.75, 3.05) is 0 Å². The van der Waals surface area contributed by atoms with Crippen molar-refractivity contribution in [2.24, 2.45) is 7.05 Å². The first-order chi connectivity index (χ1) is 3.83. The molecule has 0 spiro atoms. The molecule has 0 bridgehead atoms. The standard InChI is InChI=1S/C5H5N3.ClH/c1-8-3-5(2-6)7-4-8;/h3-4H,1H3;1H. The maximum atomic E-state index is 8.23. The fraction of sp³-hybridized carbons (Fsp3) is 0.200. The summed E-state index contributed by atoms with van der Waals surface area (Å²) in [6, 6.07) is 1.92. The molecular formula is C5H6ClN3. The fourth-order valence-electron chi connectivity index (χ4n) is 0.471. The molecule has 0 N–H and O–H groups in total. The summed E-state index contributed by atoms with van der Waals surface area (Å²) >= 11 is 0. The predicted molar refractivity (Wildman–Crippen MR) is 35.2 cm³/mol. The average Bonchev–Trinajstić information content (AvgIpc) is 2.14. The summed E-state index contributed by atoms with van der Waals surface area (Å²) in [5.74, 6) is 0. The Balaban J connectivity index is 0.000000640. The highest BCUT2D eigenvalue weighted by atomic mass is 35.5. The van der Waals surface area contributed by atoms with Crippen LogP contribution in [0, 0.1) is 11.3 Å². The maximum Gasteiger partial charge on any atom is 0.158 e. The molecule has 0 radical (unpaired) electrons. The van der Waals surface area contributed by atoms with Crippen molar-refractivity contribution in [3.05, 3.63) is 18.2 Å². The third kappa shape index (κ3) is 1.74. The molecule has 3 nitrogen and oxygen atoms in total. The number of hydrogen-bond acceptors (Lipinski definition) is 2. The molecule has 0 fully saturated rings. The van der Waals surface area contributed by atoms with E-state index in [4.69, 9.17) is 5.26 Å².